The minimum Gasteiger partial charge on any atom is -0.450 e. The molecule has 0 aromatic rings. The molecule has 0 aromatic carbocycles. The van der Waals surface area contributed by atoms with Crippen molar-refractivity contribution >= 4 is 12.2 Å². The lowest BCUT2D eigenvalue weighted by molar-refractivity contribution is 0.109. The van der Waals surface area contributed by atoms with E-state index in [9.17, 15) is 9.59 Å². The van der Waals surface area contributed by atoms with Gasteiger partial charge in [0.15, 0.2) is 0 Å². The molecule has 1 unspecified atom stereocenters. The van der Waals surface area contributed by atoms with Gasteiger partial charge in [-0.15, -0.1) is 0 Å². The minimum atomic E-state index is -0.750. The van der Waals surface area contributed by atoms with Crippen LogP contribution in [0.1, 0.15) is 32.6 Å². The SMILES string of the molecule is CC(CCCCCOC(N)=O)OC(N)=O. The Bertz CT molecular complexity index is 208. The molecule has 1 atom stereocenters. The highest BCUT2D eigenvalue weighted by Gasteiger charge is 2.04. The van der Waals surface area contributed by atoms with E-state index in [1.54, 1.807) is 6.92 Å². The molecular weight excluding hydrogens is 200 g/mol. The van der Waals surface area contributed by atoms with Crippen LogP contribution in [0.15, 0.2) is 0 Å². The molecule has 0 fully saturated rings. The lowest BCUT2D eigenvalue weighted by atomic mass is 10.1. The minimum absolute atomic E-state index is 0.167. The van der Waals surface area contributed by atoms with E-state index in [1.165, 1.54) is 0 Å². The quantitative estimate of drug-likeness (QED) is 0.625. The summed E-state index contributed by atoms with van der Waals surface area (Å²) in [5.41, 5.74) is 9.62. The first-order chi connectivity index (χ1) is 7.02. The molecule has 2 amide bonds. The van der Waals surface area contributed by atoms with Crippen molar-refractivity contribution in [1.29, 1.82) is 0 Å². The molecule has 0 aliphatic carbocycles. The molecule has 0 saturated heterocycles. The summed E-state index contributed by atoms with van der Waals surface area (Å²) in [7, 11) is 0. The Morgan fingerprint density at radius 2 is 1.80 bits per heavy atom. The number of hydrogen-bond acceptors (Lipinski definition) is 4. The number of carbonyl (C=O) groups is 2. The van der Waals surface area contributed by atoms with Gasteiger partial charge in [0.1, 0.15) is 6.10 Å². The normalized spacial score (nSPS) is 11.8. The van der Waals surface area contributed by atoms with E-state index in [0.29, 0.717) is 6.61 Å². The first-order valence-electron chi connectivity index (χ1n) is 4.90. The second-order valence-corrected chi connectivity index (χ2v) is 3.26. The van der Waals surface area contributed by atoms with Crippen LogP contribution in [-0.2, 0) is 9.47 Å². The second-order valence-electron chi connectivity index (χ2n) is 3.26. The lowest BCUT2D eigenvalue weighted by Crippen LogP contribution is -2.20. The summed E-state index contributed by atoms with van der Waals surface area (Å²) >= 11 is 0. The molecule has 0 aliphatic rings. The van der Waals surface area contributed by atoms with E-state index in [0.717, 1.165) is 25.7 Å². The van der Waals surface area contributed by atoms with E-state index in [2.05, 4.69) is 4.74 Å². The summed E-state index contributed by atoms with van der Waals surface area (Å²) in [6, 6.07) is 0. The van der Waals surface area contributed by atoms with Crippen LogP contribution in [0.2, 0.25) is 0 Å². The standard InChI is InChI=1S/C9H18N2O4/c1-7(15-9(11)13)5-3-2-4-6-14-8(10)12/h7H,2-6H2,1H3,(H2,10,12)(H2,11,13). The predicted octanol–water partition coefficient (Wildman–Crippen LogP) is 1.13. The molecule has 0 bridgehead atoms. The van der Waals surface area contributed by atoms with Gasteiger partial charge < -0.3 is 20.9 Å². The smallest absolute Gasteiger partial charge is 0.404 e. The Morgan fingerprint density at radius 3 is 2.33 bits per heavy atom. The van der Waals surface area contributed by atoms with E-state index in [1.807, 2.05) is 0 Å². The van der Waals surface area contributed by atoms with Crippen LogP contribution in [-0.4, -0.2) is 24.9 Å². The first-order valence-corrected chi connectivity index (χ1v) is 4.90. The average Bonchev–Trinajstić information content (AvgIpc) is 2.09. The molecule has 6 heteroatoms. The Labute approximate surface area is 88.9 Å². The van der Waals surface area contributed by atoms with Crippen LogP contribution in [0.4, 0.5) is 9.59 Å². The fourth-order valence-corrected chi connectivity index (χ4v) is 1.14. The number of ether oxygens (including phenoxy) is 2. The number of rotatable bonds is 7. The van der Waals surface area contributed by atoms with Crippen molar-refractivity contribution in [1.82, 2.24) is 0 Å². The maximum atomic E-state index is 10.3. The van der Waals surface area contributed by atoms with Crippen LogP contribution in [0.25, 0.3) is 0 Å². The summed E-state index contributed by atoms with van der Waals surface area (Å²) in [6.07, 6.45) is 1.61. The van der Waals surface area contributed by atoms with E-state index >= 15 is 0 Å². The van der Waals surface area contributed by atoms with Gasteiger partial charge in [0.05, 0.1) is 6.61 Å². The lowest BCUT2D eigenvalue weighted by Gasteiger charge is -2.10. The summed E-state index contributed by atoms with van der Waals surface area (Å²) in [5.74, 6) is 0. The molecule has 4 N–H and O–H groups in total. The van der Waals surface area contributed by atoms with Crippen LogP contribution in [0, 0.1) is 0 Å². The number of amides is 2. The molecular formula is C9H18N2O4. The number of hydrogen-bond donors (Lipinski definition) is 2. The van der Waals surface area contributed by atoms with Crippen molar-refractivity contribution in [2.24, 2.45) is 11.5 Å². The Kier molecular flexibility index (Phi) is 7.13. The van der Waals surface area contributed by atoms with Crippen LogP contribution in [0.5, 0.6) is 0 Å². The third kappa shape index (κ3) is 10.5. The molecule has 0 saturated carbocycles. The molecule has 0 heterocycles. The van der Waals surface area contributed by atoms with Crippen molar-refractivity contribution in [2.45, 2.75) is 38.7 Å². The average molecular weight is 218 g/mol. The molecule has 0 aliphatic heterocycles. The summed E-state index contributed by atoms with van der Waals surface area (Å²) in [4.78, 5) is 20.5. The topological polar surface area (TPSA) is 105 Å². The van der Waals surface area contributed by atoms with Crippen molar-refractivity contribution < 1.29 is 19.1 Å². The van der Waals surface area contributed by atoms with Crippen LogP contribution in [0.3, 0.4) is 0 Å². The van der Waals surface area contributed by atoms with E-state index in [-0.39, 0.29) is 6.10 Å². The fraction of sp³-hybridized carbons (Fsp3) is 0.778. The summed E-state index contributed by atoms with van der Waals surface area (Å²) in [5, 5.41) is 0. The summed E-state index contributed by atoms with van der Waals surface area (Å²) in [6.45, 7) is 2.12. The van der Waals surface area contributed by atoms with Crippen molar-refractivity contribution in [3.63, 3.8) is 0 Å². The third-order valence-corrected chi connectivity index (χ3v) is 1.82. The zero-order valence-corrected chi connectivity index (χ0v) is 8.90. The summed E-state index contributed by atoms with van der Waals surface area (Å²) < 4.78 is 9.28. The number of carbonyl (C=O) groups excluding carboxylic acids is 2. The zero-order valence-electron chi connectivity index (χ0n) is 8.90. The van der Waals surface area contributed by atoms with Crippen molar-refractivity contribution in [2.75, 3.05) is 6.61 Å². The molecule has 15 heavy (non-hydrogen) atoms. The third-order valence-electron chi connectivity index (χ3n) is 1.82. The molecule has 0 rings (SSSR count). The van der Waals surface area contributed by atoms with E-state index in [4.69, 9.17) is 16.2 Å². The van der Waals surface area contributed by atoms with Gasteiger partial charge in [-0.25, -0.2) is 9.59 Å². The Morgan fingerprint density at radius 1 is 1.13 bits per heavy atom. The Hall–Kier alpha value is -1.46. The monoisotopic (exact) mass is 218 g/mol. The van der Waals surface area contributed by atoms with Gasteiger partial charge in [-0.1, -0.05) is 0 Å². The van der Waals surface area contributed by atoms with Crippen LogP contribution >= 0.6 is 0 Å². The van der Waals surface area contributed by atoms with Gasteiger partial charge in [0, 0.05) is 0 Å². The second kappa shape index (κ2) is 7.90. The first kappa shape index (κ1) is 13.5. The highest BCUT2D eigenvalue weighted by atomic mass is 16.6. The Balaban J connectivity index is 3.23. The predicted molar refractivity (Wildman–Crippen MR) is 54.1 cm³/mol. The fourth-order valence-electron chi connectivity index (χ4n) is 1.14. The van der Waals surface area contributed by atoms with Gasteiger partial charge in [0.25, 0.3) is 0 Å². The highest BCUT2D eigenvalue weighted by molar-refractivity contribution is 5.64. The van der Waals surface area contributed by atoms with Gasteiger partial charge in [-0.05, 0) is 32.6 Å². The van der Waals surface area contributed by atoms with Crippen molar-refractivity contribution in [3.05, 3.63) is 0 Å². The molecule has 0 radical (unpaired) electrons. The van der Waals surface area contributed by atoms with Crippen molar-refractivity contribution in [3.8, 4) is 0 Å². The highest BCUT2D eigenvalue weighted by Crippen LogP contribution is 2.06. The number of primary amides is 2. The van der Waals surface area contributed by atoms with Gasteiger partial charge in [-0.3, -0.25) is 0 Å². The maximum Gasteiger partial charge on any atom is 0.404 e. The molecule has 88 valence electrons. The number of nitrogens with two attached hydrogens (primary N) is 2. The van der Waals surface area contributed by atoms with Gasteiger partial charge in [0.2, 0.25) is 0 Å². The molecule has 0 aromatic heterocycles. The van der Waals surface area contributed by atoms with Gasteiger partial charge in [-0.2, -0.15) is 0 Å². The maximum absolute atomic E-state index is 10.3. The van der Waals surface area contributed by atoms with Crippen LogP contribution < -0.4 is 11.5 Å². The van der Waals surface area contributed by atoms with E-state index < -0.39 is 12.2 Å². The molecule has 0 spiro atoms. The number of unbranched alkanes of at least 4 members (excludes halogenated alkanes) is 2. The van der Waals surface area contributed by atoms with Gasteiger partial charge >= 0.3 is 12.2 Å². The molecule has 6 nitrogen and oxygen atoms in total. The zero-order chi connectivity index (χ0) is 11.7. The largest absolute Gasteiger partial charge is 0.450 e.